The first kappa shape index (κ1) is 8.81. The van der Waals surface area contributed by atoms with Gasteiger partial charge in [0.15, 0.2) is 0 Å². The zero-order chi connectivity index (χ0) is 9.97. The molecule has 3 heteroatoms. The van der Waals surface area contributed by atoms with Crippen molar-refractivity contribution in [2.45, 2.75) is 6.42 Å². The molecule has 0 bridgehead atoms. The van der Waals surface area contributed by atoms with Gasteiger partial charge in [-0.25, -0.2) is 4.79 Å². The molecule has 0 atom stereocenters. The third-order valence-corrected chi connectivity index (χ3v) is 2.07. The highest BCUT2D eigenvalue weighted by molar-refractivity contribution is 5.19. The Bertz CT molecular complexity index is 468. The van der Waals surface area contributed by atoms with Crippen molar-refractivity contribution in [1.82, 2.24) is 4.57 Å². The van der Waals surface area contributed by atoms with E-state index < -0.39 is 0 Å². The van der Waals surface area contributed by atoms with Gasteiger partial charge in [0.2, 0.25) is 0 Å². The molecule has 14 heavy (non-hydrogen) atoms. The van der Waals surface area contributed by atoms with Crippen molar-refractivity contribution in [3.63, 3.8) is 0 Å². The summed E-state index contributed by atoms with van der Waals surface area (Å²) < 4.78 is 6.47. The van der Waals surface area contributed by atoms with Crippen LogP contribution < -0.4 is 5.76 Å². The number of hydrogen-bond acceptors (Lipinski definition) is 2. The number of nitrogens with zero attached hydrogens (tertiary/aromatic N) is 1. The fourth-order valence-electron chi connectivity index (χ4n) is 1.36. The molecule has 1 aromatic carbocycles. The summed E-state index contributed by atoms with van der Waals surface area (Å²) in [7, 11) is 1.68. The summed E-state index contributed by atoms with van der Waals surface area (Å²) in [4.78, 5) is 11.0. The van der Waals surface area contributed by atoms with E-state index in [0.29, 0.717) is 12.2 Å². The predicted molar refractivity (Wildman–Crippen MR) is 53.2 cm³/mol. The van der Waals surface area contributed by atoms with Crippen LogP contribution in [0.3, 0.4) is 0 Å². The minimum absolute atomic E-state index is 0.309. The second kappa shape index (κ2) is 3.54. The van der Waals surface area contributed by atoms with Crippen LogP contribution >= 0.6 is 0 Å². The lowest BCUT2D eigenvalue weighted by Gasteiger charge is -1.94. The molecule has 72 valence electrons. The minimum atomic E-state index is -0.309. The van der Waals surface area contributed by atoms with E-state index in [1.807, 2.05) is 30.3 Å². The first-order valence-electron chi connectivity index (χ1n) is 4.45. The normalized spacial score (nSPS) is 10.4. The summed E-state index contributed by atoms with van der Waals surface area (Å²) in [5, 5.41) is 0. The average molecular weight is 189 g/mol. The van der Waals surface area contributed by atoms with Gasteiger partial charge in [0, 0.05) is 19.7 Å². The number of hydrogen-bond donors (Lipinski definition) is 0. The number of aromatic nitrogens is 1. The first-order valence-corrected chi connectivity index (χ1v) is 4.45. The summed E-state index contributed by atoms with van der Waals surface area (Å²) in [6.07, 6.45) is 2.38. The lowest BCUT2D eigenvalue weighted by Crippen LogP contribution is -2.07. The highest BCUT2D eigenvalue weighted by Gasteiger charge is 2.02. The maximum absolute atomic E-state index is 11.0. The molecule has 3 nitrogen and oxygen atoms in total. The van der Waals surface area contributed by atoms with Crippen molar-refractivity contribution < 1.29 is 4.42 Å². The number of benzene rings is 1. The predicted octanol–water partition coefficient (Wildman–Crippen LogP) is 1.57. The lowest BCUT2D eigenvalue weighted by atomic mass is 10.1. The molecule has 0 radical (unpaired) electrons. The third kappa shape index (κ3) is 1.76. The van der Waals surface area contributed by atoms with Crippen LogP contribution in [0.1, 0.15) is 11.3 Å². The van der Waals surface area contributed by atoms with Crippen molar-refractivity contribution in [2.75, 3.05) is 0 Å². The molecular weight excluding hydrogens is 178 g/mol. The smallest absolute Gasteiger partial charge is 0.413 e. The lowest BCUT2D eigenvalue weighted by molar-refractivity contribution is 0.463. The average Bonchev–Trinajstić information content (AvgIpc) is 2.47. The van der Waals surface area contributed by atoms with E-state index >= 15 is 0 Å². The molecular formula is C11H11NO2. The number of aryl methyl sites for hydroxylation is 1. The number of rotatable bonds is 2. The monoisotopic (exact) mass is 189 g/mol. The Kier molecular flexibility index (Phi) is 2.23. The van der Waals surface area contributed by atoms with Gasteiger partial charge >= 0.3 is 5.76 Å². The standard InChI is InChI=1S/C11H11NO2/c1-12-8-10(14-11(12)13)7-9-5-3-2-4-6-9/h2-6,8H,7H2,1H3. The molecule has 1 heterocycles. The van der Waals surface area contributed by atoms with Crippen LogP contribution in [0.4, 0.5) is 0 Å². The van der Waals surface area contributed by atoms with Crippen LogP contribution in [0.2, 0.25) is 0 Å². The van der Waals surface area contributed by atoms with Gasteiger partial charge in [-0.2, -0.15) is 0 Å². The zero-order valence-corrected chi connectivity index (χ0v) is 7.93. The van der Waals surface area contributed by atoms with Crippen molar-refractivity contribution >= 4 is 0 Å². The quantitative estimate of drug-likeness (QED) is 0.718. The molecule has 1 aromatic heterocycles. The van der Waals surface area contributed by atoms with Crippen LogP contribution in [0.15, 0.2) is 45.7 Å². The second-order valence-electron chi connectivity index (χ2n) is 3.24. The van der Waals surface area contributed by atoms with Crippen molar-refractivity contribution in [1.29, 1.82) is 0 Å². The summed E-state index contributed by atoms with van der Waals surface area (Å²) in [6.45, 7) is 0. The molecule has 0 saturated heterocycles. The fourth-order valence-corrected chi connectivity index (χ4v) is 1.36. The van der Waals surface area contributed by atoms with E-state index in [0.717, 1.165) is 5.56 Å². The van der Waals surface area contributed by atoms with E-state index in [9.17, 15) is 4.79 Å². The molecule has 0 aliphatic heterocycles. The maximum atomic E-state index is 11.0. The Labute approximate surface area is 81.6 Å². The van der Waals surface area contributed by atoms with Gasteiger partial charge in [0.1, 0.15) is 5.76 Å². The van der Waals surface area contributed by atoms with E-state index in [1.165, 1.54) is 4.57 Å². The number of oxazole rings is 1. The zero-order valence-electron chi connectivity index (χ0n) is 7.93. The molecule has 0 spiro atoms. The second-order valence-corrected chi connectivity index (χ2v) is 3.24. The highest BCUT2D eigenvalue weighted by Crippen LogP contribution is 2.06. The Morgan fingerprint density at radius 3 is 2.57 bits per heavy atom. The molecule has 0 amide bonds. The van der Waals surface area contributed by atoms with Gasteiger partial charge in [-0.05, 0) is 5.56 Å². The Morgan fingerprint density at radius 1 is 1.29 bits per heavy atom. The SMILES string of the molecule is Cn1cc(Cc2ccccc2)oc1=O. The topological polar surface area (TPSA) is 35.1 Å². The van der Waals surface area contributed by atoms with E-state index in [2.05, 4.69) is 0 Å². The summed E-state index contributed by atoms with van der Waals surface area (Å²) >= 11 is 0. The van der Waals surface area contributed by atoms with Gasteiger partial charge in [0.05, 0.1) is 0 Å². The molecule has 0 N–H and O–H groups in total. The molecule has 0 aliphatic rings. The molecule has 0 unspecified atom stereocenters. The minimum Gasteiger partial charge on any atom is -0.413 e. The van der Waals surface area contributed by atoms with Crippen LogP contribution in [0.5, 0.6) is 0 Å². The third-order valence-electron chi connectivity index (χ3n) is 2.07. The first-order chi connectivity index (χ1) is 6.75. The molecule has 2 aromatic rings. The maximum Gasteiger partial charge on any atom is 0.418 e. The van der Waals surface area contributed by atoms with Crippen molar-refractivity contribution in [2.24, 2.45) is 7.05 Å². The largest absolute Gasteiger partial charge is 0.418 e. The molecule has 0 fully saturated rings. The Morgan fingerprint density at radius 2 is 2.00 bits per heavy atom. The van der Waals surface area contributed by atoms with E-state index in [4.69, 9.17) is 4.42 Å². The van der Waals surface area contributed by atoms with Crippen LogP contribution in [-0.2, 0) is 13.5 Å². The summed E-state index contributed by atoms with van der Waals surface area (Å²) in [5.74, 6) is 0.389. The highest BCUT2D eigenvalue weighted by atomic mass is 16.4. The van der Waals surface area contributed by atoms with Crippen LogP contribution in [-0.4, -0.2) is 4.57 Å². The van der Waals surface area contributed by atoms with Gasteiger partial charge in [-0.3, -0.25) is 4.57 Å². The Hall–Kier alpha value is -1.77. The van der Waals surface area contributed by atoms with E-state index in [-0.39, 0.29) is 5.76 Å². The summed E-state index contributed by atoms with van der Waals surface area (Å²) in [6, 6.07) is 9.91. The van der Waals surface area contributed by atoms with Crippen molar-refractivity contribution in [3.05, 3.63) is 58.4 Å². The molecule has 2 rings (SSSR count). The molecule has 0 aliphatic carbocycles. The molecule has 0 saturated carbocycles. The fraction of sp³-hybridized carbons (Fsp3) is 0.182. The van der Waals surface area contributed by atoms with Gasteiger partial charge < -0.3 is 4.42 Å². The van der Waals surface area contributed by atoms with Crippen LogP contribution in [0, 0.1) is 0 Å². The van der Waals surface area contributed by atoms with E-state index in [1.54, 1.807) is 13.2 Å². The van der Waals surface area contributed by atoms with Crippen molar-refractivity contribution in [3.8, 4) is 0 Å². The van der Waals surface area contributed by atoms with Crippen LogP contribution in [0.25, 0.3) is 0 Å². The van der Waals surface area contributed by atoms with Gasteiger partial charge in [-0.1, -0.05) is 30.3 Å². The summed E-state index contributed by atoms with van der Waals surface area (Å²) in [5.41, 5.74) is 1.14. The van der Waals surface area contributed by atoms with Gasteiger partial charge in [-0.15, -0.1) is 0 Å². The Balaban J connectivity index is 2.23. The van der Waals surface area contributed by atoms with Gasteiger partial charge in [0.25, 0.3) is 0 Å².